The molecule has 0 bridgehead atoms. The second-order valence-corrected chi connectivity index (χ2v) is 6.77. The molecule has 0 aliphatic carbocycles. The SMILES string of the molecule is C=CC(=O)c1ccnc2nc(-c3cccs3)[nH]c12.CCCc1cccc[nH+]1.CO. The van der Waals surface area contributed by atoms with Crippen LogP contribution in [0.3, 0.4) is 0 Å². The Morgan fingerprint density at radius 2 is 2.10 bits per heavy atom. The Bertz CT molecular complexity index is 1030. The highest BCUT2D eigenvalue weighted by atomic mass is 32.1. The molecule has 150 valence electrons. The predicted octanol–water partition coefficient (Wildman–Crippen LogP) is 4.12. The van der Waals surface area contributed by atoms with Crippen LogP contribution in [0.15, 0.2) is 66.8 Å². The number of fused-ring (bicyclic) bond motifs is 1. The first-order valence-electron chi connectivity index (χ1n) is 9.18. The Kier molecular flexibility index (Phi) is 8.88. The molecule has 0 aromatic carbocycles. The van der Waals surface area contributed by atoms with E-state index in [0.717, 1.165) is 24.2 Å². The van der Waals surface area contributed by atoms with Gasteiger partial charge in [0.15, 0.2) is 29.1 Å². The minimum Gasteiger partial charge on any atom is -0.400 e. The summed E-state index contributed by atoms with van der Waals surface area (Å²) in [6.45, 7) is 5.68. The summed E-state index contributed by atoms with van der Waals surface area (Å²) in [5.41, 5.74) is 3.07. The third-order valence-corrected chi connectivity index (χ3v) is 4.77. The van der Waals surface area contributed by atoms with E-state index in [4.69, 9.17) is 5.11 Å². The van der Waals surface area contributed by atoms with Crippen molar-refractivity contribution in [1.82, 2.24) is 15.0 Å². The number of aryl methyl sites for hydroxylation is 1. The number of pyridine rings is 2. The molecule has 0 radical (unpaired) electrons. The van der Waals surface area contributed by atoms with Crippen molar-refractivity contribution in [3.8, 4) is 10.7 Å². The van der Waals surface area contributed by atoms with Crippen LogP contribution in [0, 0.1) is 0 Å². The fourth-order valence-corrected chi connectivity index (χ4v) is 3.28. The third-order valence-electron chi connectivity index (χ3n) is 3.89. The molecule has 4 rings (SSSR count). The number of nitrogens with one attached hydrogen (secondary N) is 2. The molecule has 0 spiro atoms. The zero-order valence-corrected chi connectivity index (χ0v) is 17.4. The number of aliphatic hydroxyl groups is 1. The topological polar surface area (TPSA) is 93.0 Å². The number of hydrogen-bond acceptors (Lipinski definition) is 5. The quantitative estimate of drug-likeness (QED) is 0.383. The molecule has 0 aliphatic rings. The molecule has 0 saturated heterocycles. The largest absolute Gasteiger partial charge is 0.400 e. The van der Waals surface area contributed by atoms with Crippen LogP contribution in [0.4, 0.5) is 0 Å². The van der Waals surface area contributed by atoms with Crippen LogP contribution in [0.1, 0.15) is 29.4 Å². The molecule has 0 fully saturated rings. The van der Waals surface area contributed by atoms with Crippen LogP contribution in [0.5, 0.6) is 0 Å². The molecule has 29 heavy (non-hydrogen) atoms. The Morgan fingerprint density at radius 1 is 1.28 bits per heavy atom. The monoisotopic (exact) mass is 409 g/mol. The normalized spacial score (nSPS) is 9.76. The molecule has 7 heteroatoms. The molecular weight excluding hydrogens is 384 g/mol. The molecule has 0 amide bonds. The van der Waals surface area contributed by atoms with E-state index in [-0.39, 0.29) is 5.78 Å². The molecule has 0 saturated carbocycles. The smallest absolute Gasteiger partial charge is 0.187 e. The van der Waals surface area contributed by atoms with Gasteiger partial charge in [-0.2, -0.15) is 0 Å². The number of rotatable bonds is 5. The van der Waals surface area contributed by atoms with Gasteiger partial charge in [0.25, 0.3) is 0 Å². The molecule has 0 atom stereocenters. The molecule has 4 heterocycles. The minimum absolute atomic E-state index is 0.135. The van der Waals surface area contributed by atoms with Gasteiger partial charge < -0.3 is 10.1 Å². The van der Waals surface area contributed by atoms with Crippen molar-refractivity contribution in [1.29, 1.82) is 0 Å². The summed E-state index contributed by atoms with van der Waals surface area (Å²) >= 11 is 1.58. The number of carbonyl (C=O) groups excluding carboxylic acids is 1. The number of carbonyl (C=O) groups is 1. The van der Waals surface area contributed by atoms with Crippen molar-refractivity contribution in [2.75, 3.05) is 7.11 Å². The number of aliphatic hydroxyl groups excluding tert-OH is 1. The van der Waals surface area contributed by atoms with E-state index in [1.807, 2.05) is 29.8 Å². The van der Waals surface area contributed by atoms with E-state index in [9.17, 15) is 4.79 Å². The lowest BCUT2D eigenvalue weighted by atomic mass is 10.1. The molecule has 3 N–H and O–H groups in total. The molecule has 0 unspecified atom stereocenters. The number of thiophene rings is 1. The minimum atomic E-state index is -0.135. The fraction of sp³-hybridized carbons (Fsp3) is 0.182. The van der Waals surface area contributed by atoms with Crippen molar-refractivity contribution in [3.63, 3.8) is 0 Å². The summed E-state index contributed by atoms with van der Waals surface area (Å²) in [6, 6.07) is 11.8. The summed E-state index contributed by atoms with van der Waals surface area (Å²) in [5.74, 6) is 0.598. The summed E-state index contributed by atoms with van der Waals surface area (Å²) in [7, 11) is 1.00. The van der Waals surface area contributed by atoms with Gasteiger partial charge in [0.1, 0.15) is 0 Å². The first kappa shape index (κ1) is 22.1. The maximum Gasteiger partial charge on any atom is 0.187 e. The second kappa shape index (κ2) is 11.6. The van der Waals surface area contributed by atoms with Crippen molar-refractivity contribution in [2.45, 2.75) is 19.8 Å². The van der Waals surface area contributed by atoms with Crippen molar-refractivity contribution in [2.24, 2.45) is 0 Å². The lowest BCUT2D eigenvalue weighted by molar-refractivity contribution is -0.390. The van der Waals surface area contributed by atoms with Gasteiger partial charge in [-0.25, -0.2) is 15.0 Å². The first-order chi connectivity index (χ1) is 14.2. The Labute approximate surface area is 174 Å². The van der Waals surface area contributed by atoms with Crippen molar-refractivity contribution >= 4 is 28.3 Å². The fourth-order valence-electron chi connectivity index (χ4n) is 2.61. The van der Waals surface area contributed by atoms with E-state index < -0.39 is 0 Å². The number of ketones is 1. The van der Waals surface area contributed by atoms with Crippen LogP contribution >= 0.6 is 11.3 Å². The number of hydrogen-bond donors (Lipinski definition) is 2. The third kappa shape index (κ3) is 5.91. The zero-order chi connectivity index (χ0) is 21.1. The maximum absolute atomic E-state index is 11.7. The van der Waals surface area contributed by atoms with Crippen LogP contribution in [-0.2, 0) is 6.42 Å². The van der Waals surface area contributed by atoms with Gasteiger partial charge in [-0.3, -0.25) is 4.79 Å². The van der Waals surface area contributed by atoms with Gasteiger partial charge in [0, 0.05) is 31.9 Å². The summed E-state index contributed by atoms with van der Waals surface area (Å²) in [6.07, 6.45) is 7.20. The van der Waals surface area contributed by atoms with E-state index in [1.54, 1.807) is 23.6 Å². The molecule has 6 nitrogen and oxygen atoms in total. The van der Waals surface area contributed by atoms with E-state index in [2.05, 4.69) is 45.6 Å². The second-order valence-electron chi connectivity index (χ2n) is 5.83. The zero-order valence-electron chi connectivity index (χ0n) is 16.6. The molecule has 0 aliphatic heterocycles. The Hall–Kier alpha value is -3.16. The highest BCUT2D eigenvalue weighted by molar-refractivity contribution is 7.13. The number of aromatic amines is 2. The summed E-state index contributed by atoms with van der Waals surface area (Å²) in [5, 5.41) is 8.98. The van der Waals surface area contributed by atoms with Gasteiger partial charge in [-0.15, -0.1) is 11.3 Å². The number of imidazole rings is 1. The highest BCUT2D eigenvalue weighted by Crippen LogP contribution is 2.25. The van der Waals surface area contributed by atoms with E-state index >= 15 is 0 Å². The average molecular weight is 410 g/mol. The van der Waals surface area contributed by atoms with Crippen LogP contribution in [0.25, 0.3) is 21.9 Å². The highest BCUT2D eigenvalue weighted by Gasteiger charge is 2.13. The van der Waals surface area contributed by atoms with E-state index in [0.29, 0.717) is 16.7 Å². The number of H-pyrrole nitrogens is 2. The van der Waals surface area contributed by atoms with Gasteiger partial charge in [-0.1, -0.05) is 25.6 Å². The van der Waals surface area contributed by atoms with Crippen molar-refractivity contribution < 1.29 is 14.9 Å². The van der Waals surface area contributed by atoms with E-state index in [1.165, 1.54) is 18.2 Å². The van der Waals surface area contributed by atoms with Gasteiger partial charge >= 0.3 is 0 Å². The average Bonchev–Trinajstić information content (AvgIpc) is 3.45. The van der Waals surface area contributed by atoms with Crippen LogP contribution in [0.2, 0.25) is 0 Å². The standard InChI is InChI=1S/C13H9N3OS.C8H11N.CH4O/c1-2-9(17)8-5-6-14-13-11(8)15-12(16-13)10-4-3-7-18-10;1-2-5-8-6-3-4-7-9-8;1-2/h2-7H,1H2,(H,14,15,16);3-4,6-7H,2,5H2,1H3;2H,1H3/p+1. The molecule has 4 aromatic rings. The van der Waals surface area contributed by atoms with Crippen LogP contribution < -0.4 is 4.98 Å². The molecular formula is C22H25N4O2S+. The number of allylic oxidation sites excluding steroid dienone is 1. The molecule has 4 aromatic heterocycles. The summed E-state index contributed by atoms with van der Waals surface area (Å²) < 4.78 is 0. The van der Waals surface area contributed by atoms with Gasteiger partial charge in [0.05, 0.1) is 16.0 Å². The van der Waals surface area contributed by atoms with Gasteiger partial charge in [-0.05, 0) is 30.0 Å². The van der Waals surface area contributed by atoms with Gasteiger partial charge in [0.2, 0.25) is 0 Å². The number of aromatic nitrogens is 4. The lowest BCUT2D eigenvalue weighted by Crippen LogP contribution is -2.07. The Morgan fingerprint density at radius 3 is 2.72 bits per heavy atom. The maximum atomic E-state index is 11.7. The van der Waals surface area contributed by atoms with Crippen LogP contribution in [-0.4, -0.2) is 33.0 Å². The lowest BCUT2D eigenvalue weighted by Gasteiger charge is -1.95. The van der Waals surface area contributed by atoms with Crippen molar-refractivity contribution in [3.05, 3.63) is 78.1 Å². The summed E-state index contributed by atoms with van der Waals surface area (Å²) in [4.78, 5) is 27.6. The number of nitrogens with zero attached hydrogens (tertiary/aromatic N) is 2. The Balaban J connectivity index is 0.000000231. The predicted molar refractivity (Wildman–Crippen MR) is 117 cm³/mol. The first-order valence-corrected chi connectivity index (χ1v) is 10.1.